The molecule has 0 atom stereocenters. The highest BCUT2D eigenvalue weighted by Crippen LogP contribution is 2.53. The lowest BCUT2D eigenvalue weighted by atomic mass is 9.87. The van der Waals surface area contributed by atoms with Gasteiger partial charge in [0, 0.05) is 58.9 Å². The van der Waals surface area contributed by atoms with Gasteiger partial charge in [0.1, 0.15) is 6.07 Å². The third-order valence-electron chi connectivity index (χ3n) is 14.5. The van der Waals surface area contributed by atoms with Crippen molar-refractivity contribution in [1.29, 1.82) is 5.26 Å². The third kappa shape index (κ3) is 6.28. The van der Waals surface area contributed by atoms with E-state index in [0.717, 1.165) is 54.1 Å². The van der Waals surface area contributed by atoms with Gasteiger partial charge >= 0.3 is 12.4 Å². The fourth-order valence-corrected chi connectivity index (χ4v) is 12.7. The monoisotopic (exact) mass is 992 g/mol. The van der Waals surface area contributed by atoms with Gasteiger partial charge in [-0.1, -0.05) is 146 Å². The summed E-state index contributed by atoms with van der Waals surface area (Å²) < 4.78 is 97.2. The van der Waals surface area contributed by atoms with E-state index < -0.39 is 23.5 Å². The Morgan fingerprint density at radius 2 is 0.770 bits per heavy atom. The first kappa shape index (κ1) is 43.7. The minimum Gasteiger partial charge on any atom is -0.306 e. The second-order valence-electron chi connectivity index (χ2n) is 18.5. The second-order valence-corrected chi connectivity index (χ2v) is 19.5. The van der Waals surface area contributed by atoms with E-state index in [2.05, 4.69) is 41.0 Å². The normalized spacial score (nSPS) is 12.4. The van der Waals surface area contributed by atoms with E-state index in [1.807, 2.05) is 137 Å². The first-order chi connectivity index (χ1) is 36.0. The number of hydrogen-bond acceptors (Lipinski definition) is 2. The number of nitrogens with zero attached hydrogens (tertiary/aromatic N) is 4. The number of benzene rings is 10. The van der Waals surface area contributed by atoms with Gasteiger partial charge in [0.25, 0.3) is 0 Å². The maximum atomic E-state index is 14.8. The van der Waals surface area contributed by atoms with E-state index in [4.69, 9.17) is 0 Å². The predicted octanol–water partition coefficient (Wildman–Crippen LogP) is 18.6. The van der Waals surface area contributed by atoms with Crippen LogP contribution in [0.4, 0.5) is 26.3 Å². The first-order valence-electron chi connectivity index (χ1n) is 23.8. The van der Waals surface area contributed by atoms with Crippen LogP contribution in [0.3, 0.4) is 0 Å². The Kier molecular flexibility index (Phi) is 9.41. The van der Waals surface area contributed by atoms with E-state index in [0.29, 0.717) is 82.9 Å². The molecule has 0 saturated heterocycles. The topological polar surface area (TPSA) is 38.6 Å². The van der Waals surface area contributed by atoms with Crippen molar-refractivity contribution in [1.82, 2.24) is 13.7 Å². The standard InChI is InChI=1S/C63H34F6N4S/c64-62(65,66)38-27-31-52-46(33-38)41-20-8-11-23-49(41)71(52)58-55(36-15-3-1-4-16-36)48(35-70)56(37-17-5-2-6-18-37)59(72-50-24-12-9-21-42(50)47-34-39(63(67,68)69)28-32-53(47)72)60(58)73-51-25-13-7-19-40(51)44-29-30-45-43-22-10-14-26-54(43)74-61(45)57(44)73/h1-34H. The molecule has 0 saturated carbocycles. The van der Waals surface area contributed by atoms with Crippen LogP contribution in [0, 0.1) is 11.3 Å². The van der Waals surface area contributed by atoms with Gasteiger partial charge in [0.05, 0.1) is 71.6 Å². The molecule has 0 amide bonds. The summed E-state index contributed by atoms with van der Waals surface area (Å²) >= 11 is 1.65. The van der Waals surface area contributed by atoms with Gasteiger partial charge in [-0.15, -0.1) is 11.3 Å². The predicted molar refractivity (Wildman–Crippen MR) is 288 cm³/mol. The van der Waals surface area contributed by atoms with Crippen LogP contribution in [0.15, 0.2) is 206 Å². The Morgan fingerprint density at radius 1 is 0.365 bits per heavy atom. The summed E-state index contributed by atoms with van der Waals surface area (Å²) in [6.07, 6.45) is -9.31. The smallest absolute Gasteiger partial charge is 0.306 e. The van der Waals surface area contributed by atoms with Crippen molar-refractivity contribution >= 4 is 96.9 Å². The van der Waals surface area contributed by atoms with E-state index >= 15 is 0 Å². The van der Waals surface area contributed by atoms with E-state index in [1.165, 1.54) is 24.3 Å². The van der Waals surface area contributed by atoms with Gasteiger partial charge in [-0.25, -0.2) is 0 Å². The Balaban J connectivity index is 1.34. The maximum Gasteiger partial charge on any atom is 0.416 e. The van der Waals surface area contributed by atoms with Crippen LogP contribution < -0.4 is 0 Å². The van der Waals surface area contributed by atoms with Crippen molar-refractivity contribution in [3.63, 3.8) is 0 Å². The molecule has 354 valence electrons. The Hall–Kier alpha value is -9.11. The quantitative estimate of drug-likeness (QED) is 0.158. The summed E-state index contributed by atoms with van der Waals surface area (Å²) in [7, 11) is 0. The SMILES string of the molecule is N#Cc1c(-c2ccccc2)c(-n2c3ccccc3c3cc(C(F)(F)F)ccc32)c(-n2c3ccccc3c3ccc4c5ccccc5sc4c32)c(-n2c3ccccc3c3cc(C(F)(F)F)ccc32)c1-c1ccccc1. The van der Waals surface area contributed by atoms with Crippen LogP contribution >= 0.6 is 11.3 Å². The zero-order chi connectivity index (χ0) is 50.2. The average molecular weight is 993 g/mol. The van der Waals surface area contributed by atoms with Gasteiger partial charge < -0.3 is 13.7 Å². The Morgan fingerprint density at radius 3 is 1.26 bits per heavy atom. The fraction of sp³-hybridized carbons (Fsp3) is 0.0317. The summed E-state index contributed by atoms with van der Waals surface area (Å²) in [5.74, 6) is 0. The van der Waals surface area contributed by atoms with Crippen molar-refractivity contribution in [2.24, 2.45) is 0 Å². The van der Waals surface area contributed by atoms with Crippen LogP contribution in [0.2, 0.25) is 0 Å². The number of aromatic nitrogens is 3. The molecule has 0 aliphatic rings. The van der Waals surface area contributed by atoms with Crippen molar-refractivity contribution in [3.8, 4) is 45.4 Å². The summed E-state index contributed by atoms with van der Waals surface area (Å²) in [6.45, 7) is 0. The molecule has 0 unspecified atom stereocenters. The fourth-order valence-electron chi connectivity index (χ4n) is 11.5. The number of fused-ring (bicyclic) bond motifs is 13. The number of halogens is 6. The Bertz CT molecular complexity index is 4510. The summed E-state index contributed by atoms with van der Waals surface area (Å²) in [4.78, 5) is 0. The van der Waals surface area contributed by atoms with Gasteiger partial charge in [-0.3, -0.25) is 0 Å². The van der Waals surface area contributed by atoms with Gasteiger partial charge in [0.2, 0.25) is 0 Å². The molecule has 4 aromatic heterocycles. The minimum atomic E-state index is -4.66. The molecule has 0 N–H and O–H groups in total. The molecule has 10 aromatic carbocycles. The average Bonchev–Trinajstić information content (AvgIpc) is 4.19. The molecule has 14 aromatic rings. The van der Waals surface area contributed by atoms with E-state index in [-0.39, 0.29) is 5.56 Å². The van der Waals surface area contributed by atoms with Crippen LogP contribution in [0.5, 0.6) is 0 Å². The van der Waals surface area contributed by atoms with Crippen LogP contribution in [-0.4, -0.2) is 13.7 Å². The van der Waals surface area contributed by atoms with Crippen molar-refractivity contribution < 1.29 is 26.3 Å². The highest BCUT2D eigenvalue weighted by Gasteiger charge is 2.37. The first-order valence-corrected chi connectivity index (χ1v) is 24.6. The van der Waals surface area contributed by atoms with Gasteiger partial charge in [-0.05, 0) is 71.8 Å². The zero-order valence-corrected chi connectivity index (χ0v) is 39.4. The highest BCUT2D eigenvalue weighted by molar-refractivity contribution is 7.26. The lowest BCUT2D eigenvalue weighted by Crippen LogP contribution is -2.14. The van der Waals surface area contributed by atoms with Crippen molar-refractivity contribution in [2.45, 2.75) is 12.4 Å². The summed E-state index contributed by atoms with van der Waals surface area (Å²) in [6, 6.07) is 64.6. The maximum absolute atomic E-state index is 14.8. The third-order valence-corrected chi connectivity index (χ3v) is 15.7. The van der Waals surface area contributed by atoms with Crippen molar-refractivity contribution in [2.75, 3.05) is 0 Å². The molecule has 4 nitrogen and oxygen atoms in total. The summed E-state index contributed by atoms with van der Waals surface area (Å²) in [5, 5.41) is 17.8. The number of nitriles is 1. The molecule has 0 fully saturated rings. The minimum absolute atomic E-state index is 0.250. The Labute approximate surface area is 421 Å². The molecule has 0 aliphatic heterocycles. The molecule has 0 radical (unpaired) electrons. The van der Waals surface area contributed by atoms with Crippen molar-refractivity contribution in [3.05, 3.63) is 223 Å². The van der Waals surface area contributed by atoms with Crippen LogP contribution in [0.1, 0.15) is 16.7 Å². The number of para-hydroxylation sites is 3. The highest BCUT2D eigenvalue weighted by atomic mass is 32.1. The van der Waals surface area contributed by atoms with E-state index in [1.54, 1.807) is 23.5 Å². The van der Waals surface area contributed by atoms with E-state index in [9.17, 15) is 31.6 Å². The molecular formula is C63H34F6N4S. The molecule has 14 rings (SSSR count). The molecule has 74 heavy (non-hydrogen) atoms. The number of rotatable bonds is 5. The number of alkyl halides is 6. The molecule has 0 bridgehead atoms. The molecule has 0 aliphatic carbocycles. The van der Waals surface area contributed by atoms with Crippen LogP contribution in [-0.2, 0) is 12.4 Å². The van der Waals surface area contributed by atoms with Gasteiger partial charge in [-0.2, -0.15) is 31.6 Å². The zero-order valence-electron chi connectivity index (χ0n) is 38.6. The second kappa shape index (κ2) is 15.9. The number of thiophene rings is 1. The summed E-state index contributed by atoms with van der Waals surface area (Å²) in [5.41, 5.74) is 6.13. The van der Waals surface area contributed by atoms with Gasteiger partial charge in [0.15, 0.2) is 0 Å². The van der Waals surface area contributed by atoms with Crippen LogP contribution in [0.25, 0.3) is 125 Å². The molecule has 0 spiro atoms. The number of hydrogen-bond donors (Lipinski definition) is 0. The molecular weight excluding hydrogens is 959 g/mol. The lowest BCUT2D eigenvalue weighted by Gasteiger charge is -2.29. The lowest BCUT2D eigenvalue weighted by molar-refractivity contribution is -0.138. The largest absolute Gasteiger partial charge is 0.416 e. The molecule has 4 heterocycles. The molecule has 11 heteroatoms.